The molecule has 0 saturated heterocycles. The van der Waals surface area contributed by atoms with E-state index in [2.05, 4.69) is 42.5 Å². The zero-order chi connectivity index (χ0) is 13.8. The lowest BCUT2D eigenvalue weighted by Gasteiger charge is -2.12. The third-order valence-corrected chi connectivity index (χ3v) is 3.62. The summed E-state index contributed by atoms with van der Waals surface area (Å²) in [5, 5.41) is 6.35. The second-order valence-corrected chi connectivity index (χ2v) is 5.89. The van der Waals surface area contributed by atoms with Gasteiger partial charge in [0.25, 0.3) is 0 Å². The maximum atomic E-state index is 13.0. The van der Waals surface area contributed by atoms with Crippen LogP contribution in [0.25, 0.3) is 0 Å². The fourth-order valence-corrected chi connectivity index (χ4v) is 2.82. The molecule has 19 heavy (non-hydrogen) atoms. The summed E-state index contributed by atoms with van der Waals surface area (Å²) in [6.45, 7) is 0. The SMILES string of the molecule is Fc1cccc(NC(=S)Nc2ccc(Br)cc2Br)c1. The van der Waals surface area contributed by atoms with E-state index in [0.717, 1.165) is 14.6 Å². The van der Waals surface area contributed by atoms with Crippen LogP contribution in [0.5, 0.6) is 0 Å². The third kappa shape index (κ3) is 4.26. The number of benzene rings is 2. The van der Waals surface area contributed by atoms with E-state index in [0.29, 0.717) is 10.8 Å². The summed E-state index contributed by atoms with van der Waals surface area (Å²) < 4.78 is 14.9. The van der Waals surface area contributed by atoms with Gasteiger partial charge in [-0.05, 0) is 64.5 Å². The lowest BCUT2D eigenvalue weighted by Crippen LogP contribution is -2.19. The molecule has 6 heteroatoms. The van der Waals surface area contributed by atoms with E-state index in [-0.39, 0.29) is 5.82 Å². The molecule has 0 atom stereocenters. The number of rotatable bonds is 2. The van der Waals surface area contributed by atoms with Gasteiger partial charge in [-0.25, -0.2) is 4.39 Å². The van der Waals surface area contributed by atoms with Gasteiger partial charge in [0.15, 0.2) is 5.11 Å². The van der Waals surface area contributed by atoms with Gasteiger partial charge in [0.1, 0.15) is 5.82 Å². The standard InChI is InChI=1S/C13H9Br2FN2S/c14-8-4-5-12(11(15)6-8)18-13(19)17-10-3-1-2-9(16)7-10/h1-7H,(H2,17,18,19). The summed E-state index contributed by atoms with van der Waals surface area (Å²) in [6, 6.07) is 11.8. The van der Waals surface area contributed by atoms with E-state index in [1.165, 1.54) is 12.1 Å². The first kappa shape index (κ1) is 14.4. The van der Waals surface area contributed by atoms with E-state index in [9.17, 15) is 4.39 Å². The molecule has 2 N–H and O–H groups in total. The van der Waals surface area contributed by atoms with Crippen molar-refractivity contribution >= 4 is 60.6 Å². The van der Waals surface area contributed by atoms with Crippen LogP contribution in [-0.4, -0.2) is 5.11 Å². The summed E-state index contributed by atoms with van der Waals surface area (Å²) in [4.78, 5) is 0. The molecule has 0 unspecified atom stereocenters. The van der Waals surface area contributed by atoms with Crippen LogP contribution in [0.2, 0.25) is 0 Å². The van der Waals surface area contributed by atoms with Gasteiger partial charge in [0.05, 0.1) is 5.69 Å². The Labute approximate surface area is 132 Å². The molecule has 2 aromatic rings. The van der Waals surface area contributed by atoms with E-state index in [4.69, 9.17) is 12.2 Å². The van der Waals surface area contributed by atoms with E-state index in [1.807, 2.05) is 18.2 Å². The molecule has 0 amide bonds. The smallest absolute Gasteiger partial charge is 0.175 e. The lowest BCUT2D eigenvalue weighted by molar-refractivity contribution is 0.628. The fourth-order valence-electron chi connectivity index (χ4n) is 1.44. The number of nitrogens with one attached hydrogen (secondary N) is 2. The zero-order valence-corrected chi connectivity index (χ0v) is 13.6. The molecule has 0 spiro atoms. The van der Waals surface area contributed by atoms with Crippen molar-refractivity contribution in [2.45, 2.75) is 0 Å². The summed E-state index contributed by atoms with van der Waals surface area (Å²) in [5.74, 6) is -0.308. The largest absolute Gasteiger partial charge is 0.332 e. The quantitative estimate of drug-likeness (QED) is 0.677. The van der Waals surface area contributed by atoms with Gasteiger partial charge in [-0.2, -0.15) is 0 Å². The van der Waals surface area contributed by atoms with Crippen LogP contribution in [0.1, 0.15) is 0 Å². The van der Waals surface area contributed by atoms with Gasteiger partial charge in [-0.1, -0.05) is 22.0 Å². The molecular weight excluding hydrogens is 395 g/mol. The third-order valence-electron chi connectivity index (χ3n) is 2.26. The molecule has 2 rings (SSSR count). The molecule has 0 radical (unpaired) electrons. The van der Waals surface area contributed by atoms with Crippen molar-refractivity contribution < 1.29 is 4.39 Å². The predicted octanol–water partition coefficient (Wildman–Crippen LogP) is 5.16. The average molecular weight is 404 g/mol. The molecule has 0 aliphatic rings. The van der Waals surface area contributed by atoms with Crippen LogP contribution in [-0.2, 0) is 0 Å². The Kier molecular flexibility index (Phi) is 4.90. The first-order valence-corrected chi connectivity index (χ1v) is 7.32. The van der Waals surface area contributed by atoms with Gasteiger partial charge in [-0.15, -0.1) is 0 Å². The van der Waals surface area contributed by atoms with Crippen molar-refractivity contribution in [2.75, 3.05) is 10.6 Å². The van der Waals surface area contributed by atoms with Crippen LogP contribution in [0.3, 0.4) is 0 Å². The second-order valence-electron chi connectivity index (χ2n) is 3.71. The number of hydrogen-bond acceptors (Lipinski definition) is 1. The van der Waals surface area contributed by atoms with Gasteiger partial charge in [-0.3, -0.25) is 0 Å². The Morgan fingerprint density at radius 1 is 1.05 bits per heavy atom. The number of halogens is 3. The fraction of sp³-hybridized carbons (Fsp3) is 0. The maximum absolute atomic E-state index is 13.0. The molecule has 0 bridgehead atoms. The molecule has 0 aliphatic heterocycles. The highest BCUT2D eigenvalue weighted by Crippen LogP contribution is 2.26. The molecule has 2 nitrogen and oxygen atoms in total. The van der Waals surface area contributed by atoms with Crippen molar-refractivity contribution in [1.82, 2.24) is 0 Å². The van der Waals surface area contributed by atoms with Gasteiger partial charge >= 0.3 is 0 Å². The molecule has 0 aliphatic carbocycles. The summed E-state index contributed by atoms with van der Waals surface area (Å²) in [5.41, 5.74) is 1.43. The Balaban J connectivity index is 2.05. The minimum Gasteiger partial charge on any atom is -0.332 e. The van der Waals surface area contributed by atoms with Crippen molar-refractivity contribution in [3.05, 3.63) is 57.2 Å². The summed E-state index contributed by atoms with van der Waals surface area (Å²) >= 11 is 12.0. The number of anilines is 2. The number of thiocarbonyl (C=S) groups is 1. The van der Waals surface area contributed by atoms with Crippen LogP contribution in [0.15, 0.2) is 51.4 Å². The van der Waals surface area contributed by atoms with Gasteiger partial charge in [0, 0.05) is 14.6 Å². The van der Waals surface area contributed by atoms with Crippen molar-refractivity contribution in [3.8, 4) is 0 Å². The Morgan fingerprint density at radius 3 is 2.53 bits per heavy atom. The van der Waals surface area contributed by atoms with Gasteiger partial charge < -0.3 is 10.6 Å². The molecule has 0 aromatic heterocycles. The van der Waals surface area contributed by atoms with E-state index < -0.39 is 0 Å². The van der Waals surface area contributed by atoms with Crippen molar-refractivity contribution in [3.63, 3.8) is 0 Å². The second kappa shape index (κ2) is 6.45. The predicted molar refractivity (Wildman–Crippen MR) is 88.1 cm³/mol. The van der Waals surface area contributed by atoms with Gasteiger partial charge in [0.2, 0.25) is 0 Å². The van der Waals surface area contributed by atoms with E-state index >= 15 is 0 Å². The topological polar surface area (TPSA) is 24.1 Å². The van der Waals surface area contributed by atoms with Crippen molar-refractivity contribution in [1.29, 1.82) is 0 Å². The van der Waals surface area contributed by atoms with Crippen LogP contribution in [0, 0.1) is 5.82 Å². The molecule has 98 valence electrons. The Bertz CT molecular complexity index is 619. The molecular formula is C13H9Br2FN2S. The molecule has 0 saturated carbocycles. The average Bonchev–Trinajstić information content (AvgIpc) is 2.33. The number of hydrogen-bond donors (Lipinski definition) is 2. The minimum atomic E-state index is -0.308. The first-order valence-electron chi connectivity index (χ1n) is 5.33. The summed E-state index contributed by atoms with van der Waals surface area (Å²) in [6.07, 6.45) is 0. The molecule has 0 heterocycles. The van der Waals surface area contributed by atoms with Crippen LogP contribution in [0.4, 0.5) is 15.8 Å². The minimum absolute atomic E-state index is 0.308. The van der Waals surface area contributed by atoms with Crippen LogP contribution >= 0.6 is 44.1 Å². The Morgan fingerprint density at radius 2 is 1.84 bits per heavy atom. The van der Waals surface area contributed by atoms with Crippen molar-refractivity contribution in [2.24, 2.45) is 0 Å². The monoisotopic (exact) mass is 402 g/mol. The highest BCUT2D eigenvalue weighted by molar-refractivity contribution is 9.11. The molecule has 0 fully saturated rings. The highest BCUT2D eigenvalue weighted by atomic mass is 79.9. The zero-order valence-electron chi connectivity index (χ0n) is 9.58. The maximum Gasteiger partial charge on any atom is 0.175 e. The van der Waals surface area contributed by atoms with Crippen LogP contribution < -0.4 is 10.6 Å². The van der Waals surface area contributed by atoms with E-state index in [1.54, 1.807) is 12.1 Å². The normalized spacial score (nSPS) is 10.1. The lowest BCUT2D eigenvalue weighted by atomic mass is 10.3. The highest BCUT2D eigenvalue weighted by Gasteiger charge is 2.03. The Hall–Kier alpha value is -0.980. The molecule has 2 aromatic carbocycles. The first-order chi connectivity index (χ1) is 9.04. The summed E-state index contributed by atoms with van der Waals surface area (Å²) in [7, 11) is 0.